The SMILES string of the molecule is C[C@H]1CN(Cc2ccccc2)C(=O)[C@H]1c1ccccc1. The second kappa shape index (κ2) is 5.49. The van der Waals surface area contributed by atoms with Crippen LogP contribution in [0.1, 0.15) is 24.0 Å². The Balaban J connectivity index is 1.79. The Morgan fingerprint density at radius 3 is 2.25 bits per heavy atom. The van der Waals surface area contributed by atoms with Crippen molar-refractivity contribution in [2.45, 2.75) is 19.4 Å². The zero-order valence-corrected chi connectivity index (χ0v) is 11.7. The van der Waals surface area contributed by atoms with Gasteiger partial charge in [0.2, 0.25) is 5.91 Å². The molecule has 0 radical (unpaired) electrons. The molecule has 0 bridgehead atoms. The van der Waals surface area contributed by atoms with E-state index in [1.165, 1.54) is 5.56 Å². The Morgan fingerprint density at radius 1 is 1.00 bits per heavy atom. The second-order valence-corrected chi connectivity index (χ2v) is 5.57. The molecule has 0 unspecified atom stereocenters. The normalized spacial score (nSPS) is 22.2. The van der Waals surface area contributed by atoms with Crippen LogP contribution in [0.15, 0.2) is 60.7 Å². The van der Waals surface area contributed by atoms with Crippen LogP contribution < -0.4 is 0 Å². The third-order valence-corrected chi connectivity index (χ3v) is 4.03. The van der Waals surface area contributed by atoms with Gasteiger partial charge in [-0.15, -0.1) is 0 Å². The van der Waals surface area contributed by atoms with Crippen molar-refractivity contribution >= 4 is 5.91 Å². The summed E-state index contributed by atoms with van der Waals surface area (Å²) in [6.07, 6.45) is 0. The minimum absolute atomic E-state index is 0.0138. The van der Waals surface area contributed by atoms with E-state index in [0.29, 0.717) is 12.5 Å². The molecular weight excluding hydrogens is 246 g/mol. The largest absolute Gasteiger partial charge is 0.338 e. The van der Waals surface area contributed by atoms with Gasteiger partial charge < -0.3 is 4.90 Å². The van der Waals surface area contributed by atoms with Crippen molar-refractivity contribution in [2.75, 3.05) is 6.54 Å². The molecule has 102 valence electrons. The van der Waals surface area contributed by atoms with E-state index in [4.69, 9.17) is 0 Å². The van der Waals surface area contributed by atoms with Gasteiger partial charge in [0.1, 0.15) is 0 Å². The fourth-order valence-corrected chi connectivity index (χ4v) is 3.06. The maximum absolute atomic E-state index is 12.6. The first-order valence-corrected chi connectivity index (χ1v) is 7.13. The van der Waals surface area contributed by atoms with E-state index >= 15 is 0 Å². The molecule has 2 aromatic carbocycles. The summed E-state index contributed by atoms with van der Waals surface area (Å²) in [5.41, 5.74) is 2.34. The van der Waals surface area contributed by atoms with Gasteiger partial charge >= 0.3 is 0 Å². The summed E-state index contributed by atoms with van der Waals surface area (Å²) >= 11 is 0. The second-order valence-electron chi connectivity index (χ2n) is 5.57. The number of rotatable bonds is 3. The molecule has 1 heterocycles. The number of nitrogens with zero attached hydrogens (tertiary/aromatic N) is 1. The summed E-state index contributed by atoms with van der Waals surface area (Å²) in [5.74, 6) is 0.640. The van der Waals surface area contributed by atoms with Crippen molar-refractivity contribution in [3.63, 3.8) is 0 Å². The summed E-state index contributed by atoms with van der Waals surface area (Å²) in [6, 6.07) is 20.3. The first-order chi connectivity index (χ1) is 9.75. The molecule has 20 heavy (non-hydrogen) atoms. The highest BCUT2D eigenvalue weighted by atomic mass is 16.2. The van der Waals surface area contributed by atoms with Crippen molar-refractivity contribution in [1.82, 2.24) is 4.90 Å². The van der Waals surface area contributed by atoms with E-state index in [2.05, 4.69) is 31.2 Å². The molecule has 2 aromatic rings. The van der Waals surface area contributed by atoms with Crippen molar-refractivity contribution in [3.8, 4) is 0 Å². The van der Waals surface area contributed by atoms with Gasteiger partial charge in [-0.05, 0) is 17.0 Å². The van der Waals surface area contributed by atoms with Crippen LogP contribution in [-0.4, -0.2) is 17.4 Å². The standard InChI is InChI=1S/C18H19NO/c1-14-12-19(13-15-8-4-2-5-9-15)18(20)17(14)16-10-6-3-7-11-16/h2-11,14,17H,12-13H2,1H3/t14-,17+/m0/s1. The molecule has 1 fully saturated rings. The summed E-state index contributed by atoms with van der Waals surface area (Å²) in [4.78, 5) is 14.6. The average Bonchev–Trinajstić information content (AvgIpc) is 2.75. The van der Waals surface area contributed by atoms with Gasteiger partial charge in [-0.2, -0.15) is 0 Å². The molecule has 0 N–H and O–H groups in total. The van der Waals surface area contributed by atoms with Gasteiger partial charge in [-0.3, -0.25) is 4.79 Å². The van der Waals surface area contributed by atoms with Crippen LogP contribution in [0.3, 0.4) is 0 Å². The molecule has 1 saturated heterocycles. The average molecular weight is 265 g/mol. The first-order valence-electron chi connectivity index (χ1n) is 7.13. The lowest BCUT2D eigenvalue weighted by atomic mass is 9.90. The first kappa shape index (κ1) is 12.9. The van der Waals surface area contributed by atoms with E-state index in [1.807, 2.05) is 41.3 Å². The predicted octanol–water partition coefficient (Wildman–Crippen LogP) is 3.45. The number of hydrogen-bond acceptors (Lipinski definition) is 1. The number of benzene rings is 2. The topological polar surface area (TPSA) is 20.3 Å². The molecule has 1 aliphatic heterocycles. The molecule has 2 heteroatoms. The number of carbonyl (C=O) groups excluding carboxylic acids is 1. The summed E-state index contributed by atoms with van der Waals surface area (Å²) in [5, 5.41) is 0. The van der Waals surface area contributed by atoms with Crippen LogP contribution in [0.5, 0.6) is 0 Å². The van der Waals surface area contributed by atoms with Gasteiger partial charge in [-0.25, -0.2) is 0 Å². The highest BCUT2D eigenvalue weighted by Crippen LogP contribution is 2.34. The Hall–Kier alpha value is -2.09. The summed E-state index contributed by atoms with van der Waals surface area (Å²) < 4.78 is 0. The fraction of sp³-hybridized carbons (Fsp3) is 0.278. The van der Waals surface area contributed by atoms with E-state index in [1.54, 1.807) is 0 Å². The highest BCUT2D eigenvalue weighted by Gasteiger charge is 2.38. The van der Waals surface area contributed by atoms with Gasteiger partial charge in [0.25, 0.3) is 0 Å². The van der Waals surface area contributed by atoms with Crippen LogP contribution in [-0.2, 0) is 11.3 Å². The third-order valence-electron chi connectivity index (χ3n) is 4.03. The van der Waals surface area contributed by atoms with Crippen LogP contribution in [0.25, 0.3) is 0 Å². The van der Waals surface area contributed by atoms with Crippen molar-refractivity contribution in [2.24, 2.45) is 5.92 Å². The minimum atomic E-state index is 0.0138. The van der Waals surface area contributed by atoms with Gasteiger partial charge in [-0.1, -0.05) is 67.6 Å². The van der Waals surface area contributed by atoms with Crippen molar-refractivity contribution < 1.29 is 4.79 Å². The van der Waals surface area contributed by atoms with Crippen molar-refractivity contribution in [3.05, 3.63) is 71.8 Å². The van der Waals surface area contributed by atoms with Gasteiger partial charge in [0, 0.05) is 13.1 Å². The Bertz CT molecular complexity index is 579. The van der Waals surface area contributed by atoms with Crippen LogP contribution in [0.2, 0.25) is 0 Å². The number of amides is 1. The molecule has 1 aliphatic rings. The molecular formula is C18H19NO. The summed E-state index contributed by atoms with van der Waals surface area (Å²) in [7, 11) is 0. The van der Waals surface area contributed by atoms with Crippen molar-refractivity contribution in [1.29, 1.82) is 0 Å². The lowest BCUT2D eigenvalue weighted by molar-refractivity contribution is -0.129. The lowest BCUT2D eigenvalue weighted by Gasteiger charge is -2.16. The van der Waals surface area contributed by atoms with E-state index < -0.39 is 0 Å². The Kier molecular flexibility index (Phi) is 3.55. The molecule has 2 nitrogen and oxygen atoms in total. The highest BCUT2D eigenvalue weighted by molar-refractivity contribution is 5.86. The van der Waals surface area contributed by atoms with E-state index in [0.717, 1.165) is 12.1 Å². The van der Waals surface area contributed by atoms with Crippen LogP contribution >= 0.6 is 0 Å². The lowest BCUT2D eigenvalue weighted by Crippen LogP contribution is -2.26. The number of likely N-dealkylation sites (tertiary alicyclic amines) is 1. The monoisotopic (exact) mass is 265 g/mol. The molecule has 0 saturated carbocycles. The summed E-state index contributed by atoms with van der Waals surface area (Å²) in [6.45, 7) is 3.72. The zero-order chi connectivity index (χ0) is 13.9. The molecule has 1 amide bonds. The van der Waals surface area contributed by atoms with Gasteiger partial charge in [0.05, 0.1) is 5.92 Å². The number of hydrogen-bond donors (Lipinski definition) is 0. The number of carbonyl (C=O) groups is 1. The van der Waals surface area contributed by atoms with E-state index in [9.17, 15) is 4.79 Å². The van der Waals surface area contributed by atoms with Crippen LogP contribution in [0, 0.1) is 5.92 Å². The Morgan fingerprint density at radius 2 is 1.60 bits per heavy atom. The molecule has 2 atom stereocenters. The Labute approximate surface area is 120 Å². The van der Waals surface area contributed by atoms with Gasteiger partial charge in [0.15, 0.2) is 0 Å². The predicted molar refractivity (Wildman–Crippen MR) is 80.2 cm³/mol. The third kappa shape index (κ3) is 2.46. The molecule has 0 aromatic heterocycles. The smallest absolute Gasteiger partial charge is 0.230 e. The molecule has 0 spiro atoms. The van der Waals surface area contributed by atoms with E-state index in [-0.39, 0.29) is 11.8 Å². The van der Waals surface area contributed by atoms with Crippen LogP contribution in [0.4, 0.5) is 0 Å². The minimum Gasteiger partial charge on any atom is -0.338 e. The fourth-order valence-electron chi connectivity index (χ4n) is 3.06. The maximum atomic E-state index is 12.6. The zero-order valence-electron chi connectivity index (χ0n) is 11.7. The quantitative estimate of drug-likeness (QED) is 0.832. The maximum Gasteiger partial charge on any atom is 0.230 e. The molecule has 0 aliphatic carbocycles. The molecule has 3 rings (SSSR count).